The highest BCUT2D eigenvalue weighted by Gasteiger charge is 2.15. The average molecular weight is 324 g/mol. The molecule has 22 heavy (non-hydrogen) atoms. The molecule has 0 spiro atoms. The Hall–Kier alpha value is -1.03. The van der Waals surface area contributed by atoms with Crippen molar-refractivity contribution >= 4 is 24.4 Å². The van der Waals surface area contributed by atoms with Gasteiger partial charge in [-0.3, -0.25) is 9.59 Å². The molecule has 4 heteroatoms. The summed E-state index contributed by atoms with van der Waals surface area (Å²) in [7, 11) is 0. The lowest BCUT2D eigenvalue weighted by Crippen LogP contribution is -2.13. The first-order valence-corrected chi connectivity index (χ1v) is 9.01. The van der Waals surface area contributed by atoms with Gasteiger partial charge in [0.2, 0.25) is 0 Å². The van der Waals surface area contributed by atoms with E-state index < -0.39 is 0 Å². The van der Waals surface area contributed by atoms with Gasteiger partial charge in [0, 0.05) is 6.42 Å². The Bertz CT molecular complexity index is 376. The highest BCUT2D eigenvalue weighted by molar-refractivity contribution is 7.80. The number of ether oxygens (including phenoxy) is 1. The number of carbonyl (C=O) groups is 2. The van der Waals surface area contributed by atoms with Crippen LogP contribution in [0.1, 0.15) is 57.8 Å². The molecule has 0 saturated carbocycles. The van der Waals surface area contributed by atoms with Crippen molar-refractivity contribution in [3.63, 3.8) is 0 Å². The summed E-state index contributed by atoms with van der Waals surface area (Å²) in [5.41, 5.74) is 0. The van der Waals surface area contributed by atoms with Gasteiger partial charge < -0.3 is 4.74 Å². The van der Waals surface area contributed by atoms with Crippen LogP contribution in [-0.4, -0.2) is 24.1 Å². The monoisotopic (exact) mass is 324 g/mol. The van der Waals surface area contributed by atoms with E-state index in [0.29, 0.717) is 6.61 Å². The summed E-state index contributed by atoms with van der Waals surface area (Å²) >= 11 is 4.19. The number of hydrogen-bond acceptors (Lipinski definition) is 4. The van der Waals surface area contributed by atoms with E-state index in [0.717, 1.165) is 18.6 Å². The molecule has 0 N–H and O–H groups in total. The van der Waals surface area contributed by atoms with E-state index in [9.17, 15) is 9.59 Å². The van der Waals surface area contributed by atoms with Gasteiger partial charge in [-0.25, -0.2) is 0 Å². The molecule has 0 heterocycles. The van der Waals surface area contributed by atoms with Crippen molar-refractivity contribution in [2.45, 2.75) is 57.8 Å². The molecular formula is C18H28O3S. The Morgan fingerprint density at radius 3 is 2.09 bits per heavy atom. The molecule has 1 aliphatic carbocycles. The predicted octanol–water partition coefficient (Wildman–Crippen LogP) is 4.28. The van der Waals surface area contributed by atoms with E-state index in [1.54, 1.807) is 0 Å². The number of allylic oxidation sites excluding steroid dienone is 4. The van der Waals surface area contributed by atoms with Gasteiger partial charge in [-0.05, 0) is 18.6 Å². The first-order chi connectivity index (χ1) is 10.7. The van der Waals surface area contributed by atoms with E-state index in [4.69, 9.17) is 4.74 Å². The van der Waals surface area contributed by atoms with Crippen molar-refractivity contribution in [1.82, 2.24) is 0 Å². The fourth-order valence-corrected chi connectivity index (χ4v) is 2.62. The Labute approximate surface area is 139 Å². The molecule has 0 amide bonds. The van der Waals surface area contributed by atoms with Crippen LogP contribution in [0.4, 0.5) is 0 Å². The Kier molecular flexibility index (Phi) is 10.8. The molecule has 0 aliphatic heterocycles. The van der Waals surface area contributed by atoms with Gasteiger partial charge in [-0.1, -0.05) is 56.4 Å². The van der Waals surface area contributed by atoms with Crippen LogP contribution in [0.3, 0.4) is 0 Å². The van der Waals surface area contributed by atoms with Crippen LogP contribution < -0.4 is 0 Å². The van der Waals surface area contributed by atoms with Gasteiger partial charge in [-0.15, -0.1) is 0 Å². The lowest BCUT2D eigenvalue weighted by atomic mass is 10.0. The molecule has 0 unspecified atom stereocenters. The van der Waals surface area contributed by atoms with Crippen LogP contribution in [0.15, 0.2) is 24.3 Å². The normalized spacial score (nSPS) is 13.7. The van der Waals surface area contributed by atoms with Gasteiger partial charge in [0.05, 0.1) is 18.9 Å². The van der Waals surface area contributed by atoms with Crippen molar-refractivity contribution in [2.24, 2.45) is 5.92 Å². The third kappa shape index (κ3) is 9.08. The summed E-state index contributed by atoms with van der Waals surface area (Å²) < 4.78 is 5.16. The average Bonchev–Trinajstić information content (AvgIpc) is 3.05. The molecule has 3 nitrogen and oxygen atoms in total. The maximum absolute atomic E-state index is 11.8. The molecule has 1 aliphatic rings. The standard InChI is InChI=1S/C18H28O3S/c19-17(16-10-6-7-11-16)12-13-18(20)21-14-8-4-2-1-3-5-9-15-22/h6-7,10-11,16,22H,1-5,8-9,12-15H2. The molecular weight excluding hydrogens is 296 g/mol. The van der Waals surface area contributed by atoms with Crippen molar-refractivity contribution < 1.29 is 14.3 Å². The summed E-state index contributed by atoms with van der Waals surface area (Å²) in [6, 6.07) is 0. The smallest absolute Gasteiger partial charge is 0.306 e. The van der Waals surface area contributed by atoms with E-state index in [-0.39, 0.29) is 30.5 Å². The lowest BCUT2D eigenvalue weighted by molar-refractivity contribution is -0.145. The molecule has 0 atom stereocenters. The van der Waals surface area contributed by atoms with Crippen LogP contribution in [0, 0.1) is 5.92 Å². The molecule has 124 valence electrons. The number of carbonyl (C=O) groups excluding carboxylic acids is 2. The van der Waals surface area contributed by atoms with E-state index in [2.05, 4.69) is 12.6 Å². The SMILES string of the molecule is O=C(CCC(=O)C1C=CC=C1)OCCCCCCCCCS. The van der Waals surface area contributed by atoms with Gasteiger partial charge in [0.25, 0.3) is 0 Å². The molecule has 0 aromatic heterocycles. The van der Waals surface area contributed by atoms with Gasteiger partial charge in [0.1, 0.15) is 5.78 Å². The Morgan fingerprint density at radius 1 is 0.864 bits per heavy atom. The second-order valence-corrected chi connectivity index (χ2v) is 6.13. The first kappa shape index (κ1) is 19.0. The maximum Gasteiger partial charge on any atom is 0.306 e. The van der Waals surface area contributed by atoms with Crippen molar-refractivity contribution in [1.29, 1.82) is 0 Å². The molecule has 0 saturated heterocycles. The van der Waals surface area contributed by atoms with E-state index in [1.807, 2.05) is 24.3 Å². The van der Waals surface area contributed by atoms with Crippen molar-refractivity contribution in [3.8, 4) is 0 Å². The summed E-state index contributed by atoms with van der Waals surface area (Å²) in [4.78, 5) is 23.3. The summed E-state index contributed by atoms with van der Waals surface area (Å²) in [5.74, 6) is 0.665. The van der Waals surface area contributed by atoms with Gasteiger partial charge in [-0.2, -0.15) is 12.6 Å². The molecule has 0 bridgehead atoms. The zero-order valence-corrected chi connectivity index (χ0v) is 14.2. The predicted molar refractivity (Wildman–Crippen MR) is 93.1 cm³/mol. The zero-order chi connectivity index (χ0) is 16.0. The van der Waals surface area contributed by atoms with Crippen LogP contribution in [-0.2, 0) is 14.3 Å². The fourth-order valence-electron chi connectivity index (χ4n) is 2.39. The van der Waals surface area contributed by atoms with Crippen LogP contribution in [0.25, 0.3) is 0 Å². The number of esters is 1. The van der Waals surface area contributed by atoms with Crippen LogP contribution in [0.2, 0.25) is 0 Å². The molecule has 0 fully saturated rings. The zero-order valence-electron chi connectivity index (χ0n) is 13.3. The molecule has 0 aromatic rings. The van der Waals surface area contributed by atoms with Crippen molar-refractivity contribution in [3.05, 3.63) is 24.3 Å². The Morgan fingerprint density at radius 2 is 1.45 bits per heavy atom. The second kappa shape index (κ2) is 12.5. The second-order valence-electron chi connectivity index (χ2n) is 5.68. The largest absolute Gasteiger partial charge is 0.466 e. The van der Waals surface area contributed by atoms with E-state index in [1.165, 1.54) is 32.1 Å². The minimum absolute atomic E-state index is 0.0863. The maximum atomic E-state index is 11.8. The summed E-state index contributed by atoms with van der Waals surface area (Å²) in [6.45, 7) is 0.479. The lowest BCUT2D eigenvalue weighted by Gasteiger charge is -2.06. The van der Waals surface area contributed by atoms with Gasteiger partial charge >= 0.3 is 5.97 Å². The number of ketones is 1. The quantitative estimate of drug-likeness (QED) is 0.312. The van der Waals surface area contributed by atoms with Crippen molar-refractivity contribution in [2.75, 3.05) is 12.4 Å². The Balaban J connectivity index is 1.90. The van der Waals surface area contributed by atoms with Crippen LogP contribution >= 0.6 is 12.6 Å². The third-order valence-corrected chi connectivity index (χ3v) is 4.08. The third-order valence-electron chi connectivity index (χ3n) is 3.76. The highest BCUT2D eigenvalue weighted by atomic mass is 32.1. The number of unbranched alkanes of at least 4 members (excludes halogenated alkanes) is 6. The first-order valence-electron chi connectivity index (χ1n) is 8.38. The number of hydrogen-bond donors (Lipinski definition) is 1. The number of rotatable bonds is 13. The number of Topliss-reactive ketones (excluding diaryl/α,β-unsaturated/α-hetero) is 1. The highest BCUT2D eigenvalue weighted by Crippen LogP contribution is 2.13. The minimum Gasteiger partial charge on any atom is -0.466 e. The minimum atomic E-state index is -0.256. The fraction of sp³-hybridized carbons (Fsp3) is 0.667. The van der Waals surface area contributed by atoms with E-state index >= 15 is 0 Å². The number of thiol groups is 1. The van der Waals surface area contributed by atoms with Gasteiger partial charge in [0.15, 0.2) is 0 Å². The molecule has 0 radical (unpaired) electrons. The summed E-state index contributed by atoms with van der Waals surface area (Å²) in [5, 5.41) is 0. The molecule has 1 rings (SSSR count). The molecule has 0 aromatic carbocycles. The summed E-state index contributed by atoms with van der Waals surface area (Å²) in [6.07, 6.45) is 16.1. The van der Waals surface area contributed by atoms with Crippen LogP contribution in [0.5, 0.6) is 0 Å². The topological polar surface area (TPSA) is 43.4 Å².